The summed E-state index contributed by atoms with van der Waals surface area (Å²) in [6, 6.07) is 7.46. The van der Waals surface area contributed by atoms with Crippen LogP contribution in [0.1, 0.15) is 23.5 Å². The Balaban J connectivity index is 2.36. The molecular weight excluding hydrogens is 260 g/mol. The molecule has 2 aromatic rings. The predicted octanol–water partition coefficient (Wildman–Crippen LogP) is 2.33. The smallest absolute Gasteiger partial charge is 0.264 e. The molecule has 0 unspecified atom stereocenters. The van der Waals surface area contributed by atoms with Gasteiger partial charge in [-0.05, 0) is 43.5 Å². The highest BCUT2D eigenvalue weighted by molar-refractivity contribution is 7.20. The number of likely N-dealkylation sites (N-methyl/N-ethyl adjacent to an activating group) is 1. The average Bonchev–Trinajstić information content (AvgIpc) is 2.79. The van der Waals surface area contributed by atoms with Crippen LogP contribution in [-0.2, 0) is 0 Å². The number of anilines is 1. The maximum absolute atomic E-state index is 12.4. The average molecular weight is 278 g/mol. The molecule has 0 radical (unpaired) electrons. The summed E-state index contributed by atoms with van der Waals surface area (Å²) in [7, 11) is 1.71. The van der Waals surface area contributed by atoms with Gasteiger partial charge in [0.05, 0.1) is 17.0 Å². The second-order valence-corrected chi connectivity index (χ2v) is 6.33. The molecule has 0 fully saturated rings. The Labute approximate surface area is 116 Å². The Bertz CT molecular complexity index is 619. The van der Waals surface area contributed by atoms with Gasteiger partial charge >= 0.3 is 0 Å². The molecule has 0 aliphatic heterocycles. The Kier molecular flexibility index (Phi) is 3.52. The second-order valence-electron chi connectivity index (χ2n) is 5.24. The van der Waals surface area contributed by atoms with Crippen molar-refractivity contribution in [3.8, 4) is 0 Å². The van der Waals surface area contributed by atoms with Crippen molar-refractivity contribution in [2.75, 3.05) is 19.4 Å². The third-order valence-electron chi connectivity index (χ3n) is 3.35. The van der Waals surface area contributed by atoms with Crippen molar-refractivity contribution in [3.05, 3.63) is 29.1 Å². The number of amides is 1. The van der Waals surface area contributed by atoms with Crippen LogP contribution in [0.2, 0.25) is 0 Å². The fraction of sp³-hybridized carbons (Fsp3) is 0.357. The fourth-order valence-electron chi connectivity index (χ4n) is 1.71. The Hall–Kier alpha value is -1.59. The predicted molar refractivity (Wildman–Crippen MR) is 79.5 cm³/mol. The first-order chi connectivity index (χ1) is 8.85. The highest BCUT2D eigenvalue weighted by Crippen LogP contribution is 2.29. The molecule has 102 valence electrons. The molecule has 2 rings (SSSR count). The molecule has 1 heterocycles. The number of aliphatic hydroxyl groups excluding tert-OH is 1. The molecular formula is C14H18N2O2S. The van der Waals surface area contributed by atoms with Crippen LogP contribution in [0.3, 0.4) is 0 Å². The highest BCUT2D eigenvalue weighted by Gasteiger charge is 2.28. The molecule has 0 bridgehead atoms. The van der Waals surface area contributed by atoms with Gasteiger partial charge in [-0.1, -0.05) is 0 Å². The van der Waals surface area contributed by atoms with E-state index in [9.17, 15) is 9.90 Å². The minimum Gasteiger partial charge on any atom is -0.399 e. The first kappa shape index (κ1) is 13.8. The van der Waals surface area contributed by atoms with Gasteiger partial charge in [0.1, 0.15) is 0 Å². The van der Waals surface area contributed by atoms with E-state index in [0.29, 0.717) is 10.6 Å². The maximum atomic E-state index is 12.4. The van der Waals surface area contributed by atoms with Crippen LogP contribution in [-0.4, -0.2) is 35.1 Å². The largest absolute Gasteiger partial charge is 0.399 e. The number of nitrogen functional groups attached to an aromatic ring is 1. The third kappa shape index (κ3) is 2.57. The minimum absolute atomic E-state index is 0.0763. The van der Waals surface area contributed by atoms with Crippen LogP contribution >= 0.6 is 11.3 Å². The summed E-state index contributed by atoms with van der Waals surface area (Å²) in [5, 5.41) is 10.3. The summed E-state index contributed by atoms with van der Waals surface area (Å²) in [4.78, 5) is 14.6. The van der Waals surface area contributed by atoms with Gasteiger partial charge in [0.15, 0.2) is 0 Å². The zero-order valence-electron chi connectivity index (χ0n) is 11.3. The summed E-state index contributed by atoms with van der Waals surface area (Å²) in [6.07, 6.45) is 0. The van der Waals surface area contributed by atoms with Crippen LogP contribution in [0, 0.1) is 0 Å². The number of hydrogen-bond donors (Lipinski definition) is 2. The fourth-order valence-corrected chi connectivity index (χ4v) is 2.73. The molecule has 0 aliphatic carbocycles. The van der Waals surface area contributed by atoms with E-state index in [-0.39, 0.29) is 12.5 Å². The van der Waals surface area contributed by atoms with Crippen molar-refractivity contribution in [3.63, 3.8) is 0 Å². The summed E-state index contributed by atoms with van der Waals surface area (Å²) in [5.41, 5.74) is 5.85. The highest BCUT2D eigenvalue weighted by atomic mass is 32.1. The van der Waals surface area contributed by atoms with Crippen LogP contribution in [0.4, 0.5) is 5.69 Å². The number of hydrogen-bond acceptors (Lipinski definition) is 4. The van der Waals surface area contributed by atoms with E-state index < -0.39 is 5.54 Å². The lowest BCUT2D eigenvalue weighted by molar-refractivity contribution is 0.0478. The van der Waals surface area contributed by atoms with Gasteiger partial charge in [0, 0.05) is 17.4 Å². The number of carbonyl (C=O) groups is 1. The van der Waals surface area contributed by atoms with Crippen molar-refractivity contribution < 1.29 is 9.90 Å². The monoisotopic (exact) mass is 278 g/mol. The first-order valence-corrected chi connectivity index (χ1v) is 6.85. The number of carbonyl (C=O) groups excluding carboxylic acids is 1. The minimum atomic E-state index is -0.577. The Morgan fingerprint density at radius 3 is 2.74 bits per heavy atom. The van der Waals surface area contributed by atoms with Crippen LogP contribution in [0.15, 0.2) is 24.3 Å². The number of benzene rings is 1. The van der Waals surface area contributed by atoms with Gasteiger partial charge in [-0.15, -0.1) is 11.3 Å². The topological polar surface area (TPSA) is 66.6 Å². The second kappa shape index (κ2) is 4.83. The molecule has 3 N–H and O–H groups in total. The van der Waals surface area contributed by atoms with E-state index in [1.807, 2.05) is 38.1 Å². The van der Waals surface area contributed by atoms with Gasteiger partial charge in [-0.25, -0.2) is 0 Å². The Morgan fingerprint density at radius 2 is 2.11 bits per heavy atom. The van der Waals surface area contributed by atoms with Gasteiger partial charge in [0.2, 0.25) is 0 Å². The lowest BCUT2D eigenvalue weighted by Gasteiger charge is -2.33. The number of fused-ring (bicyclic) bond motifs is 1. The molecule has 1 aromatic heterocycles. The molecule has 19 heavy (non-hydrogen) atoms. The van der Waals surface area contributed by atoms with Crippen LogP contribution in [0.5, 0.6) is 0 Å². The standard InChI is InChI=1S/C14H18N2O2S/c1-14(2,8-17)16(3)13(18)12-7-9-6-10(15)4-5-11(9)19-12/h4-7,17H,8,15H2,1-3H3. The van der Waals surface area contributed by atoms with Gasteiger partial charge in [0.25, 0.3) is 5.91 Å². The molecule has 0 spiro atoms. The van der Waals surface area contributed by atoms with E-state index in [4.69, 9.17) is 5.73 Å². The van der Waals surface area contributed by atoms with Gasteiger partial charge in [-0.3, -0.25) is 4.79 Å². The Morgan fingerprint density at radius 1 is 1.42 bits per heavy atom. The van der Waals surface area contributed by atoms with Crippen molar-refractivity contribution in [2.24, 2.45) is 0 Å². The van der Waals surface area contributed by atoms with E-state index in [0.717, 1.165) is 10.1 Å². The maximum Gasteiger partial charge on any atom is 0.264 e. The van der Waals surface area contributed by atoms with Crippen molar-refractivity contribution in [2.45, 2.75) is 19.4 Å². The van der Waals surface area contributed by atoms with Crippen LogP contribution < -0.4 is 5.73 Å². The third-order valence-corrected chi connectivity index (χ3v) is 4.45. The number of aliphatic hydroxyl groups is 1. The van der Waals surface area contributed by atoms with E-state index in [2.05, 4.69) is 0 Å². The summed E-state index contributed by atoms with van der Waals surface area (Å²) in [5.74, 6) is -0.0844. The lowest BCUT2D eigenvalue weighted by atomic mass is 10.1. The molecule has 5 heteroatoms. The molecule has 0 saturated heterocycles. The number of thiophene rings is 1. The van der Waals surface area contributed by atoms with E-state index in [1.165, 1.54) is 11.3 Å². The summed E-state index contributed by atoms with van der Waals surface area (Å²) >= 11 is 1.44. The summed E-state index contributed by atoms with van der Waals surface area (Å²) in [6.45, 7) is 3.58. The van der Waals surface area contributed by atoms with Crippen LogP contribution in [0.25, 0.3) is 10.1 Å². The molecule has 0 saturated carbocycles. The molecule has 0 aliphatic rings. The molecule has 4 nitrogen and oxygen atoms in total. The lowest BCUT2D eigenvalue weighted by Crippen LogP contribution is -2.47. The number of nitrogens with zero attached hydrogens (tertiary/aromatic N) is 1. The van der Waals surface area contributed by atoms with Crippen molar-refractivity contribution >= 4 is 33.0 Å². The quantitative estimate of drug-likeness (QED) is 0.847. The zero-order chi connectivity index (χ0) is 14.2. The molecule has 0 atom stereocenters. The van der Waals surface area contributed by atoms with E-state index in [1.54, 1.807) is 11.9 Å². The van der Waals surface area contributed by atoms with Gasteiger partial charge < -0.3 is 15.7 Å². The summed E-state index contributed by atoms with van der Waals surface area (Å²) < 4.78 is 1.03. The van der Waals surface area contributed by atoms with Gasteiger partial charge in [-0.2, -0.15) is 0 Å². The molecule has 1 aromatic carbocycles. The normalized spacial score (nSPS) is 11.8. The van der Waals surface area contributed by atoms with Crippen molar-refractivity contribution in [1.82, 2.24) is 4.90 Å². The zero-order valence-corrected chi connectivity index (χ0v) is 12.1. The first-order valence-electron chi connectivity index (χ1n) is 6.03. The van der Waals surface area contributed by atoms with Crippen molar-refractivity contribution in [1.29, 1.82) is 0 Å². The number of nitrogens with two attached hydrogens (primary N) is 1. The van der Waals surface area contributed by atoms with E-state index >= 15 is 0 Å². The SMILES string of the molecule is CN(C(=O)c1cc2cc(N)ccc2s1)C(C)(C)CO. The molecule has 1 amide bonds. The number of rotatable bonds is 3.